The summed E-state index contributed by atoms with van der Waals surface area (Å²) in [4.78, 5) is 10.5. The third-order valence-electron chi connectivity index (χ3n) is 14.3. The number of rotatable bonds is 17. The van der Waals surface area contributed by atoms with Gasteiger partial charge >= 0.3 is 6.85 Å². The quantitative estimate of drug-likeness (QED) is 0.0665. The van der Waals surface area contributed by atoms with Gasteiger partial charge in [0.15, 0.2) is 0 Å². The zero-order valence-electron chi connectivity index (χ0n) is 43.0. The Labute approximate surface area is 452 Å². The van der Waals surface area contributed by atoms with Gasteiger partial charge in [0.25, 0.3) is 6.85 Å². The molecule has 0 bridgehead atoms. The molecule has 0 fully saturated rings. The molecule has 11 aromatic rings. The zero-order valence-corrected chi connectivity index (χ0v) is 44.6. The molecule has 76 heavy (non-hydrogen) atoms. The van der Waals surface area contributed by atoms with E-state index in [4.69, 9.17) is 19.4 Å². The fourth-order valence-corrected chi connectivity index (χ4v) is 12.1. The van der Waals surface area contributed by atoms with Crippen molar-refractivity contribution in [3.8, 4) is 46.2 Å². The molecule has 370 valence electrons. The first-order chi connectivity index (χ1) is 37.4. The number of unbranched alkanes of at least 4 members (excludes halogenated alkanes) is 1. The maximum absolute atomic E-state index is 12.1. The highest BCUT2D eigenvalue weighted by molar-refractivity contribution is 7.20. The molecule has 12 heteroatoms. The van der Waals surface area contributed by atoms with Gasteiger partial charge in [0.05, 0.1) is 44.3 Å². The van der Waals surface area contributed by atoms with Gasteiger partial charge in [0, 0.05) is 22.2 Å². The molecule has 7 aromatic carbocycles. The van der Waals surface area contributed by atoms with Crippen LogP contribution in [0.5, 0.6) is 11.5 Å². The van der Waals surface area contributed by atoms with Crippen LogP contribution in [0.15, 0.2) is 188 Å². The maximum atomic E-state index is 12.1. The van der Waals surface area contributed by atoms with Crippen molar-refractivity contribution in [2.45, 2.75) is 46.9 Å². The fourth-order valence-electron chi connectivity index (χ4n) is 10.2. The standard InChI is InChI=1S/C64H54B2N6O2S2/c1-5-7-39-73-49-35-31-44(32-36-49)59-57-58(61(71(59)65(4)46-21-11-8-12-22-46)51(40-67)63-69-53-27-17-19-29-55(53)75-63)60(45-33-37-50(38-34-45)74-42-43(3)6-2)72(66(47-23-13-9-14-24-47)48-25-15-10-16-26-48)62(57)52(41-68)64-70-54-28-18-20-30-56(54)76-64/h8-38,43H,5-7,39,42H2,1-4H3/b61-51-,62-52-. The average Bonchev–Trinajstić information content (AvgIpc) is 4.35. The summed E-state index contributed by atoms with van der Waals surface area (Å²) in [6.07, 6.45) is 2.96. The van der Waals surface area contributed by atoms with Gasteiger partial charge in [-0.1, -0.05) is 172 Å². The number of para-hydroxylation sites is 2. The lowest BCUT2D eigenvalue weighted by Crippen LogP contribution is -2.53. The van der Waals surface area contributed by atoms with E-state index in [2.05, 4.69) is 158 Å². The van der Waals surface area contributed by atoms with Crippen LogP contribution < -0.4 is 36.6 Å². The third-order valence-corrected chi connectivity index (χ3v) is 16.4. The van der Waals surface area contributed by atoms with Crippen molar-refractivity contribution in [2.75, 3.05) is 13.2 Å². The van der Waals surface area contributed by atoms with Gasteiger partial charge in [0.1, 0.15) is 44.8 Å². The van der Waals surface area contributed by atoms with Crippen molar-refractivity contribution in [1.29, 1.82) is 10.5 Å². The van der Waals surface area contributed by atoms with Crippen LogP contribution in [-0.4, -0.2) is 45.8 Å². The first-order valence-corrected chi connectivity index (χ1v) is 27.7. The van der Waals surface area contributed by atoms with E-state index in [1.54, 1.807) is 0 Å². The number of benzene rings is 7. The molecule has 1 unspecified atom stereocenters. The van der Waals surface area contributed by atoms with E-state index in [1.165, 1.54) is 22.7 Å². The number of fused-ring (bicyclic) bond motifs is 3. The van der Waals surface area contributed by atoms with Gasteiger partial charge in [-0.2, -0.15) is 10.5 Å². The normalized spacial score (nSPS) is 12.6. The monoisotopic (exact) mass is 1020 g/mol. The Kier molecular flexibility index (Phi) is 14.5. The second kappa shape index (κ2) is 22.2. The molecule has 0 N–H and O–H groups in total. The van der Waals surface area contributed by atoms with Crippen LogP contribution in [0.3, 0.4) is 0 Å². The Balaban J connectivity index is 1.43. The number of ether oxygens (including phenoxy) is 2. The van der Waals surface area contributed by atoms with Crippen molar-refractivity contribution in [1.82, 2.24) is 18.9 Å². The fraction of sp³-hybridized carbons (Fsp3) is 0.156. The number of thiazole rings is 2. The van der Waals surface area contributed by atoms with E-state index in [9.17, 15) is 10.5 Å². The SMILES string of the molecule is CCCCOc1ccc(-c2c3/c(=C(\C#N)c4nc5ccccc5s4)n(B(c4ccccc4)c4ccccc4)c(-c4ccc(OCC(C)CC)cc4)c3/c(=C(\C#N)c3nc4ccccc4s3)n2B(C)c2ccccc2)cc1. The Bertz CT molecular complexity index is 3960. The van der Waals surface area contributed by atoms with Crippen molar-refractivity contribution < 1.29 is 9.47 Å². The molecule has 4 heterocycles. The number of hydrogen-bond donors (Lipinski definition) is 0. The van der Waals surface area contributed by atoms with E-state index >= 15 is 0 Å². The maximum Gasteiger partial charge on any atom is 0.328 e. The molecule has 8 nitrogen and oxygen atoms in total. The van der Waals surface area contributed by atoms with Crippen molar-refractivity contribution in [3.63, 3.8) is 0 Å². The number of nitriles is 2. The first kappa shape index (κ1) is 49.8. The van der Waals surface area contributed by atoms with Crippen molar-refractivity contribution >= 4 is 95.1 Å². The number of nitrogens with zero attached hydrogens (tertiary/aromatic N) is 6. The molecule has 0 radical (unpaired) electrons. The van der Waals surface area contributed by atoms with Crippen LogP contribution in [0, 0.1) is 28.6 Å². The van der Waals surface area contributed by atoms with E-state index < -0.39 is 6.85 Å². The van der Waals surface area contributed by atoms with Crippen LogP contribution in [0.2, 0.25) is 6.82 Å². The third kappa shape index (κ3) is 9.51. The van der Waals surface area contributed by atoms with Gasteiger partial charge in [-0.25, -0.2) is 9.97 Å². The molecule has 11 rings (SSSR count). The molecule has 0 aliphatic rings. The average molecular weight is 1020 g/mol. The van der Waals surface area contributed by atoms with Gasteiger partial charge in [0.2, 0.25) is 0 Å². The summed E-state index contributed by atoms with van der Waals surface area (Å²) >= 11 is 3.02. The zero-order chi connectivity index (χ0) is 52.1. The molecule has 0 aliphatic carbocycles. The molecule has 0 saturated heterocycles. The predicted octanol–water partition coefficient (Wildman–Crippen LogP) is 12.1. The Morgan fingerprint density at radius 2 is 0.987 bits per heavy atom. The highest BCUT2D eigenvalue weighted by Gasteiger charge is 2.36. The predicted molar refractivity (Wildman–Crippen MR) is 317 cm³/mol. The molecule has 0 saturated carbocycles. The highest BCUT2D eigenvalue weighted by atomic mass is 32.1. The molecule has 0 aliphatic heterocycles. The second-order valence-corrected chi connectivity index (χ2v) is 21.3. The van der Waals surface area contributed by atoms with E-state index in [0.717, 1.165) is 101 Å². The summed E-state index contributed by atoms with van der Waals surface area (Å²) in [6.45, 7) is 9.11. The molecule has 0 spiro atoms. The van der Waals surface area contributed by atoms with Crippen LogP contribution in [-0.2, 0) is 0 Å². The largest absolute Gasteiger partial charge is 0.494 e. The minimum Gasteiger partial charge on any atom is -0.494 e. The molecule has 4 aromatic heterocycles. The summed E-state index contributed by atoms with van der Waals surface area (Å²) in [6, 6.07) is 69.9. The summed E-state index contributed by atoms with van der Waals surface area (Å²) in [5, 5.41) is 28.4. The topological polar surface area (TPSA) is 102 Å². The first-order valence-electron chi connectivity index (χ1n) is 26.1. The van der Waals surface area contributed by atoms with Crippen molar-refractivity contribution in [2.24, 2.45) is 5.92 Å². The van der Waals surface area contributed by atoms with Gasteiger partial charge in [-0.15, -0.1) is 22.7 Å². The Hall–Kier alpha value is -8.41. The van der Waals surface area contributed by atoms with E-state index in [0.29, 0.717) is 51.0 Å². The van der Waals surface area contributed by atoms with Crippen LogP contribution in [0.4, 0.5) is 0 Å². The summed E-state index contributed by atoms with van der Waals surface area (Å²) in [7, 11) is 0. The number of aromatic nitrogens is 4. The Morgan fingerprint density at radius 1 is 0.553 bits per heavy atom. The lowest BCUT2D eigenvalue weighted by atomic mass is 9.50. The van der Waals surface area contributed by atoms with Crippen molar-refractivity contribution in [3.05, 3.63) is 209 Å². The summed E-state index contributed by atoms with van der Waals surface area (Å²) in [5.41, 5.74) is 8.98. The highest BCUT2D eigenvalue weighted by Crippen LogP contribution is 2.39. The van der Waals surface area contributed by atoms with Gasteiger partial charge in [-0.05, 0) is 96.3 Å². The van der Waals surface area contributed by atoms with E-state index in [1.807, 2.05) is 78.9 Å². The molecular formula is C64H54B2N6O2S2. The lowest BCUT2D eigenvalue weighted by Gasteiger charge is -2.23. The summed E-state index contributed by atoms with van der Waals surface area (Å²) in [5.74, 6) is 1.91. The second-order valence-electron chi connectivity index (χ2n) is 19.2. The van der Waals surface area contributed by atoms with Crippen LogP contribution in [0.25, 0.3) is 64.9 Å². The molecule has 1 atom stereocenters. The van der Waals surface area contributed by atoms with Gasteiger partial charge < -0.3 is 18.4 Å². The summed E-state index contributed by atoms with van der Waals surface area (Å²) < 4.78 is 19.4. The van der Waals surface area contributed by atoms with Gasteiger partial charge in [-0.3, -0.25) is 0 Å². The minimum atomic E-state index is -0.484. The minimum absolute atomic E-state index is 0.339. The molecule has 0 amide bonds. The smallest absolute Gasteiger partial charge is 0.328 e. The molecular weight excluding hydrogens is 971 g/mol. The lowest BCUT2D eigenvalue weighted by molar-refractivity contribution is 0.256. The Morgan fingerprint density at radius 3 is 1.45 bits per heavy atom. The van der Waals surface area contributed by atoms with Crippen LogP contribution in [0.1, 0.15) is 50.0 Å². The number of hydrogen-bond acceptors (Lipinski definition) is 8. The van der Waals surface area contributed by atoms with Crippen LogP contribution >= 0.6 is 22.7 Å². The van der Waals surface area contributed by atoms with E-state index in [-0.39, 0.29) is 6.85 Å².